The fraction of sp³-hybridized carbons (Fsp3) is 0.200. The molecule has 3 heteroatoms. The average molecular weight is 177 g/mol. The predicted molar refractivity (Wildman–Crippen MR) is 49.9 cm³/mol. The minimum absolute atomic E-state index is 0.236. The predicted octanol–water partition coefficient (Wildman–Crippen LogP) is 1.66. The van der Waals surface area contributed by atoms with Gasteiger partial charge in [-0.1, -0.05) is 18.2 Å². The second kappa shape index (κ2) is 5.09. The van der Waals surface area contributed by atoms with Gasteiger partial charge in [-0.05, 0) is 11.6 Å². The van der Waals surface area contributed by atoms with E-state index in [1.807, 2.05) is 18.2 Å². The van der Waals surface area contributed by atoms with Crippen LogP contribution < -0.4 is 0 Å². The second-order valence-corrected chi connectivity index (χ2v) is 2.47. The third kappa shape index (κ3) is 3.51. The van der Waals surface area contributed by atoms with Crippen molar-refractivity contribution >= 4 is 12.0 Å². The van der Waals surface area contributed by atoms with Crippen molar-refractivity contribution < 1.29 is 9.53 Å². The Labute approximate surface area is 77.1 Å². The fourth-order valence-corrected chi connectivity index (χ4v) is 0.849. The van der Waals surface area contributed by atoms with Crippen LogP contribution in [0.1, 0.15) is 12.0 Å². The van der Waals surface area contributed by atoms with E-state index in [2.05, 4.69) is 9.72 Å². The number of ether oxygens (including phenoxy) is 1. The molecule has 0 spiro atoms. The Kier molecular flexibility index (Phi) is 3.70. The highest BCUT2D eigenvalue weighted by molar-refractivity contribution is 5.72. The van der Waals surface area contributed by atoms with Crippen molar-refractivity contribution in [3.8, 4) is 0 Å². The number of carbonyl (C=O) groups excluding carboxylic acids is 1. The SMILES string of the molecule is COC(=O)CC=Cc1cccnc1. The lowest BCUT2D eigenvalue weighted by atomic mass is 10.2. The minimum atomic E-state index is -0.236. The van der Waals surface area contributed by atoms with Gasteiger partial charge in [-0.3, -0.25) is 9.78 Å². The molecule has 0 radical (unpaired) electrons. The molecule has 0 aliphatic heterocycles. The number of hydrogen-bond donors (Lipinski definition) is 0. The summed E-state index contributed by atoms with van der Waals surface area (Å²) in [6, 6.07) is 3.76. The smallest absolute Gasteiger partial charge is 0.309 e. The topological polar surface area (TPSA) is 39.2 Å². The zero-order valence-electron chi connectivity index (χ0n) is 7.43. The summed E-state index contributed by atoms with van der Waals surface area (Å²) >= 11 is 0. The van der Waals surface area contributed by atoms with E-state index in [4.69, 9.17) is 0 Å². The summed E-state index contributed by atoms with van der Waals surface area (Å²) in [6.45, 7) is 0. The van der Waals surface area contributed by atoms with E-state index in [1.54, 1.807) is 18.5 Å². The lowest BCUT2D eigenvalue weighted by Crippen LogP contribution is -1.96. The van der Waals surface area contributed by atoms with Crippen LogP contribution in [0.25, 0.3) is 6.08 Å². The summed E-state index contributed by atoms with van der Waals surface area (Å²) in [4.78, 5) is 14.6. The van der Waals surface area contributed by atoms with Crippen molar-refractivity contribution in [2.45, 2.75) is 6.42 Å². The van der Waals surface area contributed by atoms with Gasteiger partial charge in [0.2, 0.25) is 0 Å². The Morgan fingerprint density at radius 1 is 1.69 bits per heavy atom. The molecule has 68 valence electrons. The number of methoxy groups -OCH3 is 1. The Bertz CT molecular complexity index is 293. The van der Waals surface area contributed by atoms with Crippen LogP contribution in [0, 0.1) is 0 Å². The zero-order chi connectivity index (χ0) is 9.52. The third-order valence-electron chi connectivity index (χ3n) is 1.51. The summed E-state index contributed by atoms with van der Waals surface area (Å²) < 4.78 is 4.48. The quantitative estimate of drug-likeness (QED) is 0.659. The van der Waals surface area contributed by atoms with E-state index < -0.39 is 0 Å². The number of esters is 1. The molecule has 1 heterocycles. The van der Waals surface area contributed by atoms with Gasteiger partial charge in [0, 0.05) is 12.4 Å². The first-order valence-corrected chi connectivity index (χ1v) is 3.96. The van der Waals surface area contributed by atoms with Crippen LogP contribution in [0.3, 0.4) is 0 Å². The lowest BCUT2D eigenvalue weighted by Gasteiger charge is -1.92. The Balaban J connectivity index is 2.45. The van der Waals surface area contributed by atoms with Crippen molar-refractivity contribution in [3.05, 3.63) is 36.2 Å². The van der Waals surface area contributed by atoms with Crippen molar-refractivity contribution in [1.29, 1.82) is 0 Å². The largest absolute Gasteiger partial charge is 0.469 e. The van der Waals surface area contributed by atoms with Crippen molar-refractivity contribution in [2.24, 2.45) is 0 Å². The molecule has 0 aliphatic carbocycles. The third-order valence-corrected chi connectivity index (χ3v) is 1.51. The van der Waals surface area contributed by atoms with E-state index in [-0.39, 0.29) is 5.97 Å². The number of nitrogens with zero attached hydrogens (tertiary/aromatic N) is 1. The van der Waals surface area contributed by atoms with Crippen LogP contribution >= 0.6 is 0 Å². The molecule has 3 nitrogen and oxygen atoms in total. The molecular weight excluding hydrogens is 166 g/mol. The van der Waals surface area contributed by atoms with Gasteiger partial charge in [0.25, 0.3) is 0 Å². The monoisotopic (exact) mass is 177 g/mol. The molecule has 1 rings (SSSR count). The highest BCUT2D eigenvalue weighted by Crippen LogP contribution is 1.99. The number of carbonyl (C=O) groups is 1. The molecule has 0 bridgehead atoms. The number of hydrogen-bond acceptors (Lipinski definition) is 3. The molecule has 0 saturated carbocycles. The Morgan fingerprint density at radius 2 is 2.54 bits per heavy atom. The summed E-state index contributed by atoms with van der Waals surface area (Å²) in [7, 11) is 1.38. The van der Waals surface area contributed by atoms with Gasteiger partial charge < -0.3 is 4.74 Å². The summed E-state index contributed by atoms with van der Waals surface area (Å²) in [5.74, 6) is -0.236. The highest BCUT2D eigenvalue weighted by Gasteiger charge is 1.93. The first-order chi connectivity index (χ1) is 6.33. The molecule has 0 aliphatic rings. The first-order valence-electron chi connectivity index (χ1n) is 3.96. The van der Waals surface area contributed by atoms with Gasteiger partial charge in [0.15, 0.2) is 0 Å². The average Bonchev–Trinajstić information content (AvgIpc) is 2.19. The van der Waals surface area contributed by atoms with Gasteiger partial charge >= 0.3 is 5.97 Å². The summed E-state index contributed by atoms with van der Waals surface area (Å²) in [6.07, 6.45) is 7.32. The molecule has 0 N–H and O–H groups in total. The normalized spacial score (nSPS) is 10.2. The number of rotatable bonds is 3. The highest BCUT2D eigenvalue weighted by atomic mass is 16.5. The molecule has 13 heavy (non-hydrogen) atoms. The van der Waals surface area contributed by atoms with Crippen molar-refractivity contribution in [3.63, 3.8) is 0 Å². The van der Waals surface area contributed by atoms with Gasteiger partial charge in [0.05, 0.1) is 13.5 Å². The number of pyridine rings is 1. The van der Waals surface area contributed by atoms with E-state index >= 15 is 0 Å². The van der Waals surface area contributed by atoms with Crippen LogP contribution in [-0.2, 0) is 9.53 Å². The molecule has 0 amide bonds. The maximum absolute atomic E-state index is 10.7. The molecule has 1 aromatic rings. The zero-order valence-corrected chi connectivity index (χ0v) is 7.43. The lowest BCUT2D eigenvalue weighted by molar-refractivity contribution is -0.139. The van der Waals surface area contributed by atoms with Crippen LogP contribution in [0.4, 0.5) is 0 Å². The maximum atomic E-state index is 10.7. The van der Waals surface area contributed by atoms with Crippen LogP contribution in [0.15, 0.2) is 30.6 Å². The second-order valence-electron chi connectivity index (χ2n) is 2.47. The van der Waals surface area contributed by atoms with E-state index in [1.165, 1.54) is 7.11 Å². The van der Waals surface area contributed by atoms with Gasteiger partial charge in [0.1, 0.15) is 0 Å². The summed E-state index contributed by atoms with van der Waals surface area (Å²) in [5.41, 5.74) is 0.978. The Morgan fingerprint density at radius 3 is 3.15 bits per heavy atom. The van der Waals surface area contributed by atoms with Crippen LogP contribution in [0.5, 0.6) is 0 Å². The first kappa shape index (κ1) is 9.45. The van der Waals surface area contributed by atoms with Gasteiger partial charge in [-0.15, -0.1) is 0 Å². The van der Waals surface area contributed by atoms with Crippen LogP contribution in [0.2, 0.25) is 0 Å². The molecule has 0 aromatic carbocycles. The van der Waals surface area contributed by atoms with Crippen molar-refractivity contribution in [1.82, 2.24) is 4.98 Å². The van der Waals surface area contributed by atoms with Gasteiger partial charge in [-0.25, -0.2) is 0 Å². The van der Waals surface area contributed by atoms with Crippen LogP contribution in [-0.4, -0.2) is 18.1 Å². The molecule has 0 unspecified atom stereocenters. The Hall–Kier alpha value is -1.64. The molecular formula is C10H11NO2. The van der Waals surface area contributed by atoms with E-state index in [0.29, 0.717) is 6.42 Å². The van der Waals surface area contributed by atoms with Crippen molar-refractivity contribution in [2.75, 3.05) is 7.11 Å². The standard InChI is InChI=1S/C10H11NO2/c1-13-10(12)6-2-4-9-5-3-7-11-8-9/h2-5,7-8H,6H2,1H3. The molecule has 0 saturated heterocycles. The fourth-order valence-electron chi connectivity index (χ4n) is 0.849. The number of aromatic nitrogens is 1. The molecule has 1 aromatic heterocycles. The molecule has 0 atom stereocenters. The van der Waals surface area contributed by atoms with E-state index in [9.17, 15) is 4.79 Å². The van der Waals surface area contributed by atoms with E-state index in [0.717, 1.165) is 5.56 Å². The summed E-state index contributed by atoms with van der Waals surface area (Å²) in [5, 5.41) is 0. The van der Waals surface area contributed by atoms with Gasteiger partial charge in [-0.2, -0.15) is 0 Å². The maximum Gasteiger partial charge on any atom is 0.309 e. The molecule has 0 fully saturated rings. The minimum Gasteiger partial charge on any atom is -0.469 e.